The molecule has 0 aromatic heterocycles. The fourth-order valence-electron chi connectivity index (χ4n) is 5.67. The predicted octanol–water partition coefficient (Wildman–Crippen LogP) is 8.38. The summed E-state index contributed by atoms with van der Waals surface area (Å²) in [4.78, 5) is 0.664. The van der Waals surface area contributed by atoms with E-state index in [-0.39, 0.29) is 11.2 Å². The second-order valence-corrected chi connectivity index (χ2v) is 11.8. The summed E-state index contributed by atoms with van der Waals surface area (Å²) in [7, 11) is 0. The largest absolute Gasteiger partial charge is 0.491 e. The molecule has 2 aliphatic carbocycles. The molecule has 2 saturated carbocycles. The number of benzene rings is 1. The predicted molar refractivity (Wildman–Crippen MR) is 119 cm³/mol. The number of hydrogen-bond donors (Lipinski definition) is 0. The lowest BCUT2D eigenvalue weighted by Crippen LogP contribution is -2.32. The van der Waals surface area contributed by atoms with Gasteiger partial charge in [0.25, 0.3) is 0 Å². The van der Waals surface area contributed by atoms with E-state index in [4.69, 9.17) is 16.3 Å². The average molecular weight is 427 g/mol. The van der Waals surface area contributed by atoms with Gasteiger partial charge in [-0.3, -0.25) is 0 Å². The summed E-state index contributed by atoms with van der Waals surface area (Å²) < 4.78 is 20.8. The molecule has 4 heteroatoms. The Balaban J connectivity index is 1.66. The van der Waals surface area contributed by atoms with Crippen molar-refractivity contribution in [2.75, 3.05) is 6.61 Å². The second-order valence-electron chi connectivity index (χ2n) is 10.0. The third-order valence-electron chi connectivity index (χ3n) is 6.45. The molecule has 0 N–H and O–H groups in total. The Kier molecular flexibility index (Phi) is 7.64. The molecule has 3 rings (SSSR count). The van der Waals surface area contributed by atoms with Crippen molar-refractivity contribution in [2.24, 2.45) is 23.2 Å². The van der Waals surface area contributed by atoms with Gasteiger partial charge in [0.05, 0.1) is 11.6 Å². The van der Waals surface area contributed by atoms with Gasteiger partial charge in [0.2, 0.25) is 0 Å². The zero-order valence-corrected chi connectivity index (χ0v) is 19.5. The van der Waals surface area contributed by atoms with Gasteiger partial charge in [-0.2, -0.15) is 0 Å². The molecule has 28 heavy (non-hydrogen) atoms. The molecular weight excluding hydrogens is 391 g/mol. The van der Waals surface area contributed by atoms with E-state index in [1.807, 2.05) is 0 Å². The summed E-state index contributed by atoms with van der Waals surface area (Å²) in [6, 6.07) is 3.27. The maximum atomic E-state index is 14.7. The Morgan fingerprint density at radius 1 is 1.07 bits per heavy atom. The Morgan fingerprint density at radius 3 is 2.29 bits per heavy atom. The standard InChI is InChI=1S/C24H36ClFOS/c1-16-9-17(2)13-24(4,14-18(3)10-16)15-27-22-12-21(26)23(11-20(22)25)28-19-7-5-6-8-19/h11-12,16-19H,5-10,13-15H2,1-4H3/t16?,17-,18+,24?. The Morgan fingerprint density at radius 2 is 1.68 bits per heavy atom. The molecule has 2 aliphatic rings. The minimum atomic E-state index is -0.199. The topological polar surface area (TPSA) is 9.23 Å². The van der Waals surface area contributed by atoms with Gasteiger partial charge in [-0.1, -0.05) is 52.1 Å². The maximum absolute atomic E-state index is 14.7. The van der Waals surface area contributed by atoms with Gasteiger partial charge in [0.15, 0.2) is 0 Å². The van der Waals surface area contributed by atoms with Gasteiger partial charge in [-0.15, -0.1) is 11.8 Å². The van der Waals surface area contributed by atoms with Crippen LogP contribution in [0.2, 0.25) is 5.02 Å². The van der Waals surface area contributed by atoms with Crippen molar-refractivity contribution in [3.63, 3.8) is 0 Å². The number of rotatable bonds is 5. The minimum Gasteiger partial charge on any atom is -0.491 e. The number of ether oxygens (including phenoxy) is 1. The Labute approximate surface area is 180 Å². The lowest BCUT2D eigenvalue weighted by Gasteiger charge is -2.38. The fourth-order valence-corrected chi connectivity index (χ4v) is 7.24. The molecular formula is C24H36ClFOS. The van der Waals surface area contributed by atoms with Crippen molar-refractivity contribution in [2.45, 2.75) is 89.2 Å². The van der Waals surface area contributed by atoms with Crippen LogP contribution in [-0.2, 0) is 0 Å². The number of halogens is 2. The lowest BCUT2D eigenvalue weighted by atomic mass is 9.69. The lowest BCUT2D eigenvalue weighted by molar-refractivity contribution is 0.0795. The van der Waals surface area contributed by atoms with Crippen LogP contribution in [0.5, 0.6) is 5.75 Å². The van der Waals surface area contributed by atoms with Gasteiger partial charge in [0, 0.05) is 21.6 Å². The zero-order valence-electron chi connectivity index (χ0n) is 17.9. The SMILES string of the molecule is CC1C[C@@H](C)CC(C)(COc2cc(F)c(SC3CCCC3)cc2Cl)C[C@@H](C)C1. The average Bonchev–Trinajstić information content (AvgIpc) is 3.08. The first-order valence-corrected chi connectivity index (χ1v) is 12.3. The van der Waals surface area contributed by atoms with E-state index < -0.39 is 0 Å². The fraction of sp³-hybridized carbons (Fsp3) is 0.750. The maximum Gasteiger partial charge on any atom is 0.140 e. The first-order valence-electron chi connectivity index (χ1n) is 11.0. The first kappa shape index (κ1) is 22.3. The van der Waals surface area contributed by atoms with Gasteiger partial charge in [-0.25, -0.2) is 4.39 Å². The molecule has 0 spiro atoms. The zero-order chi connectivity index (χ0) is 20.3. The summed E-state index contributed by atoms with van der Waals surface area (Å²) in [5, 5.41) is 1.06. The normalized spacial score (nSPS) is 32.1. The number of hydrogen-bond acceptors (Lipinski definition) is 2. The molecule has 0 amide bonds. The second kappa shape index (κ2) is 9.60. The third-order valence-corrected chi connectivity index (χ3v) is 8.12. The highest BCUT2D eigenvalue weighted by atomic mass is 35.5. The van der Waals surface area contributed by atoms with Gasteiger partial charge < -0.3 is 4.74 Å². The van der Waals surface area contributed by atoms with Crippen molar-refractivity contribution in [3.05, 3.63) is 23.0 Å². The van der Waals surface area contributed by atoms with E-state index in [1.165, 1.54) is 44.6 Å². The summed E-state index contributed by atoms with van der Waals surface area (Å²) in [5.74, 6) is 2.47. The highest BCUT2D eigenvalue weighted by Crippen LogP contribution is 2.43. The molecule has 158 valence electrons. The first-order chi connectivity index (χ1) is 13.2. The Hall–Kier alpha value is -0.410. The van der Waals surface area contributed by atoms with Crippen molar-refractivity contribution in [3.8, 4) is 5.75 Å². The quantitative estimate of drug-likeness (QED) is 0.467. The van der Waals surface area contributed by atoms with Crippen molar-refractivity contribution in [1.82, 2.24) is 0 Å². The van der Waals surface area contributed by atoms with Gasteiger partial charge >= 0.3 is 0 Å². The molecule has 4 atom stereocenters. The smallest absolute Gasteiger partial charge is 0.140 e. The molecule has 0 heterocycles. The molecule has 2 unspecified atom stereocenters. The summed E-state index contributed by atoms with van der Waals surface area (Å²) >= 11 is 8.12. The molecule has 1 aromatic carbocycles. The highest BCUT2D eigenvalue weighted by Gasteiger charge is 2.33. The van der Waals surface area contributed by atoms with E-state index >= 15 is 0 Å². The van der Waals surface area contributed by atoms with Crippen LogP contribution in [0, 0.1) is 29.0 Å². The highest BCUT2D eigenvalue weighted by molar-refractivity contribution is 8.00. The van der Waals surface area contributed by atoms with E-state index in [0.717, 1.165) is 18.8 Å². The molecule has 1 nitrogen and oxygen atoms in total. The minimum absolute atomic E-state index is 0.107. The van der Waals surface area contributed by atoms with Crippen LogP contribution in [0.25, 0.3) is 0 Å². The van der Waals surface area contributed by atoms with Crippen molar-refractivity contribution in [1.29, 1.82) is 0 Å². The van der Waals surface area contributed by atoms with E-state index in [0.29, 0.717) is 39.4 Å². The Bertz CT molecular complexity index is 644. The molecule has 0 radical (unpaired) electrons. The van der Waals surface area contributed by atoms with Crippen LogP contribution < -0.4 is 4.74 Å². The van der Waals surface area contributed by atoms with Gasteiger partial charge in [-0.05, 0) is 62.3 Å². The van der Waals surface area contributed by atoms with E-state index in [9.17, 15) is 4.39 Å². The van der Waals surface area contributed by atoms with Crippen molar-refractivity contribution >= 4 is 23.4 Å². The van der Waals surface area contributed by atoms with Crippen molar-refractivity contribution < 1.29 is 9.13 Å². The monoisotopic (exact) mass is 426 g/mol. The summed E-state index contributed by atoms with van der Waals surface area (Å²) in [6.07, 6.45) is 9.71. The van der Waals surface area contributed by atoms with E-state index in [1.54, 1.807) is 17.8 Å². The van der Waals surface area contributed by atoms with Gasteiger partial charge in [0.1, 0.15) is 11.6 Å². The molecule has 2 fully saturated rings. The number of thioether (sulfide) groups is 1. The third kappa shape index (κ3) is 6.05. The van der Waals surface area contributed by atoms with E-state index in [2.05, 4.69) is 27.7 Å². The molecule has 0 bridgehead atoms. The van der Waals surface area contributed by atoms with Crippen LogP contribution in [-0.4, -0.2) is 11.9 Å². The summed E-state index contributed by atoms with van der Waals surface area (Å²) in [6.45, 7) is 10.0. The van der Waals surface area contributed by atoms with Crippen LogP contribution in [0.15, 0.2) is 17.0 Å². The molecule has 0 saturated heterocycles. The van der Waals surface area contributed by atoms with Crippen LogP contribution in [0.4, 0.5) is 4.39 Å². The van der Waals surface area contributed by atoms with Crippen LogP contribution in [0.1, 0.15) is 79.1 Å². The van der Waals surface area contributed by atoms with Crippen LogP contribution >= 0.6 is 23.4 Å². The van der Waals surface area contributed by atoms with Crippen LogP contribution in [0.3, 0.4) is 0 Å². The molecule has 1 aromatic rings. The molecule has 0 aliphatic heterocycles. The summed E-state index contributed by atoms with van der Waals surface area (Å²) in [5.41, 5.74) is 0.107.